The van der Waals surface area contributed by atoms with Crippen molar-refractivity contribution >= 4 is 56.0 Å². The molecule has 3 heterocycles. The molecule has 5 rings (SSSR count). The van der Waals surface area contributed by atoms with E-state index in [2.05, 4.69) is 4.98 Å². The molecule has 7 nitrogen and oxygen atoms in total. The second-order valence-electron chi connectivity index (χ2n) is 7.46. The van der Waals surface area contributed by atoms with E-state index in [-0.39, 0.29) is 18.6 Å². The summed E-state index contributed by atoms with van der Waals surface area (Å²) in [6.45, 7) is 0.596. The molecule has 0 saturated carbocycles. The third kappa shape index (κ3) is 3.60. The van der Waals surface area contributed by atoms with E-state index in [1.54, 1.807) is 30.3 Å². The van der Waals surface area contributed by atoms with Crippen molar-refractivity contribution in [2.24, 2.45) is 0 Å². The molecule has 0 radical (unpaired) electrons. The summed E-state index contributed by atoms with van der Waals surface area (Å²) in [6, 6.07) is 12.1. The van der Waals surface area contributed by atoms with Crippen LogP contribution in [0.25, 0.3) is 10.2 Å². The van der Waals surface area contributed by atoms with Gasteiger partial charge in [-0.05, 0) is 37.1 Å². The SMILES string of the molecule is O=C1c2ccccc2C(=O)N1CC(=O)N(CC1CCCO1)c1nc2c(Cl)cccc2s1. The summed E-state index contributed by atoms with van der Waals surface area (Å²) < 4.78 is 6.58. The fraction of sp³-hybridized carbons (Fsp3) is 0.273. The van der Waals surface area contributed by atoms with E-state index in [9.17, 15) is 14.4 Å². The predicted octanol–water partition coefficient (Wildman–Crippen LogP) is 3.76. The average Bonchev–Trinajstić information content (AvgIpc) is 3.49. The molecule has 1 aromatic heterocycles. The number of imide groups is 1. The largest absolute Gasteiger partial charge is 0.376 e. The number of carbonyl (C=O) groups excluding carboxylic acids is 3. The van der Waals surface area contributed by atoms with Gasteiger partial charge in [-0.3, -0.25) is 24.2 Å². The smallest absolute Gasteiger partial charge is 0.262 e. The third-order valence-electron chi connectivity index (χ3n) is 5.47. The first-order chi connectivity index (χ1) is 15.0. The van der Waals surface area contributed by atoms with Gasteiger partial charge in [0.2, 0.25) is 5.91 Å². The van der Waals surface area contributed by atoms with Crippen LogP contribution in [0.1, 0.15) is 33.6 Å². The van der Waals surface area contributed by atoms with Crippen LogP contribution in [0.15, 0.2) is 42.5 Å². The van der Waals surface area contributed by atoms with Crippen LogP contribution in [0.2, 0.25) is 5.02 Å². The quantitative estimate of drug-likeness (QED) is 0.547. The summed E-state index contributed by atoms with van der Waals surface area (Å²) in [6.07, 6.45) is 1.65. The van der Waals surface area contributed by atoms with Crippen LogP contribution >= 0.6 is 22.9 Å². The van der Waals surface area contributed by atoms with Crippen molar-refractivity contribution in [1.29, 1.82) is 0 Å². The van der Waals surface area contributed by atoms with Gasteiger partial charge in [-0.15, -0.1) is 0 Å². The van der Waals surface area contributed by atoms with E-state index < -0.39 is 11.8 Å². The number of nitrogens with zero attached hydrogens (tertiary/aromatic N) is 3. The number of fused-ring (bicyclic) bond motifs is 2. The van der Waals surface area contributed by atoms with Gasteiger partial charge in [0.25, 0.3) is 11.8 Å². The molecule has 0 aliphatic carbocycles. The van der Waals surface area contributed by atoms with E-state index in [4.69, 9.17) is 16.3 Å². The minimum atomic E-state index is -0.460. The van der Waals surface area contributed by atoms with E-state index in [1.807, 2.05) is 12.1 Å². The number of hydrogen-bond acceptors (Lipinski definition) is 6. The molecular weight excluding hydrogens is 438 g/mol. The van der Waals surface area contributed by atoms with E-state index in [0.29, 0.717) is 39.9 Å². The van der Waals surface area contributed by atoms with Gasteiger partial charge in [-0.25, -0.2) is 4.98 Å². The first-order valence-electron chi connectivity index (χ1n) is 9.95. The molecule has 0 spiro atoms. The summed E-state index contributed by atoms with van der Waals surface area (Å²) in [5.41, 5.74) is 1.26. The summed E-state index contributed by atoms with van der Waals surface area (Å²) in [4.78, 5) is 45.9. The summed E-state index contributed by atoms with van der Waals surface area (Å²) in [5.74, 6) is -1.31. The van der Waals surface area contributed by atoms with Crippen LogP contribution in [-0.2, 0) is 9.53 Å². The Kier molecular flexibility index (Phi) is 5.21. The molecule has 0 N–H and O–H groups in total. The normalized spacial score (nSPS) is 18.1. The van der Waals surface area contributed by atoms with Crippen molar-refractivity contribution in [1.82, 2.24) is 9.88 Å². The molecule has 1 saturated heterocycles. The van der Waals surface area contributed by atoms with Gasteiger partial charge in [-0.1, -0.05) is 41.1 Å². The maximum absolute atomic E-state index is 13.3. The van der Waals surface area contributed by atoms with Gasteiger partial charge in [0.15, 0.2) is 5.13 Å². The average molecular weight is 456 g/mol. The van der Waals surface area contributed by atoms with Crippen molar-refractivity contribution in [2.75, 3.05) is 24.6 Å². The minimum Gasteiger partial charge on any atom is -0.376 e. The Labute approximate surface area is 187 Å². The third-order valence-corrected chi connectivity index (χ3v) is 6.82. The first kappa shape index (κ1) is 20.1. The lowest BCUT2D eigenvalue weighted by atomic mass is 10.1. The van der Waals surface area contributed by atoms with Crippen molar-refractivity contribution in [3.63, 3.8) is 0 Å². The summed E-state index contributed by atoms with van der Waals surface area (Å²) in [7, 11) is 0. The highest BCUT2D eigenvalue weighted by molar-refractivity contribution is 7.22. The monoisotopic (exact) mass is 455 g/mol. The lowest BCUT2D eigenvalue weighted by Gasteiger charge is -2.25. The van der Waals surface area contributed by atoms with Crippen molar-refractivity contribution in [2.45, 2.75) is 18.9 Å². The van der Waals surface area contributed by atoms with Crippen molar-refractivity contribution in [3.05, 3.63) is 58.6 Å². The number of ether oxygens (including phenoxy) is 1. The van der Waals surface area contributed by atoms with Crippen LogP contribution in [0.5, 0.6) is 0 Å². The number of carbonyl (C=O) groups is 3. The number of benzene rings is 2. The molecule has 31 heavy (non-hydrogen) atoms. The van der Waals surface area contributed by atoms with E-state index >= 15 is 0 Å². The predicted molar refractivity (Wildman–Crippen MR) is 118 cm³/mol. The van der Waals surface area contributed by atoms with Crippen molar-refractivity contribution in [3.8, 4) is 0 Å². The highest BCUT2D eigenvalue weighted by Gasteiger charge is 2.38. The topological polar surface area (TPSA) is 79.8 Å². The molecule has 0 bridgehead atoms. The lowest BCUT2D eigenvalue weighted by molar-refractivity contribution is -0.119. The molecule has 3 amide bonds. The number of hydrogen-bond donors (Lipinski definition) is 0. The van der Waals surface area contributed by atoms with Gasteiger partial charge in [0, 0.05) is 6.61 Å². The molecular formula is C22H18ClN3O4S. The van der Waals surface area contributed by atoms with E-state index in [0.717, 1.165) is 22.4 Å². The molecule has 9 heteroatoms. The van der Waals surface area contributed by atoms with Crippen molar-refractivity contribution < 1.29 is 19.1 Å². The van der Waals surface area contributed by atoms with Gasteiger partial charge < -0.3 is 4.74 Å². The fourth-order valence-corrected chi connectivity index (χ4v) is 5.19. The Morgan fingerprint density at radius 2 is 1.90 bits per heavy atom. The molecule has 2 aromatic carbocycles. The maximum Gasteiger partial charge on any atom is 0.262 e. The zero-order valence-corrected chi connectivity index (χ0v) is 18.0. The van der Waals surface area contributed by atoms with Crippen LogP contribution in [0.4, 0.5) is 5.13 Å². The number of halogens is 1. The Morgan fingerprint density at radius 1 is 1.16 bits per heavy atom. The number of thiazole rings is 1. The highest BCUT2D eigenvalue weighted by atomic mass is 35.5. The standard InChI is InChI=1S/C22H18ClN3O4S/c23-16-8-3-9-17-19(16)24-22(31-17)25(11-13-5-4-10-30-13)18(27)12-26-20(28)14-6-1-2-7-15(14)21(26)29/h1-3,6-9,13H,4-5,10-12H2. The highest BCUT2D eigenvalue weighted by Crippen LogP contribution is 2.34. The fourth-order valence-electron chi connectivity index (χ4n) is 3.90. The molecule has 2 aliphatic rings. The molecule has 2 aliphatic heterocycles. The second kappa shape index (κ2) is 8.03. The maximum atomic E-state index is 13.3. The number of aromatic nitrogens is 1. The van der Waals surface area contributed by atoms with Gasteiger partial charge in [-0.2, -0.15) is 0 Å². The summed E-state index contributed by atoms with van der Waals surface area (Å²) >= 11 is 7.61. The molecule has 3 aromatic rings. The van der Waals surface area contributed by atoms with E-state index in [1.165, 1.54) is 16.2 Å². The van der Waals surface area contributed by atoms with Crippen LogP contribution < -0.4 is 4.90 Å². The van der Waals surface area contributed by atoms with Crippen LogP contribution in [-0.4, -0.2) is 53.4 Å². The Morgan fingerprint density at radius 3 is 2.55 bits per heavy atom. The van der Waals surface area contributed by atoms with Gasteiger partial charge >= 0.3 is 0 Å². The number of amides is 3. The summed E-state index contributed by atoms with van der Waals surface area (Å²) in [5, 5.41) is 0.977. The number of anilines is 1. The van der Waals surface area contributed by atoms with Gasteiger partial charge in [0.1, 0.15) is 12.1 Å². The van der Waals surface area contributed by atoms with Crippen LogP contribution in [0, 0.1) is 0 Å². The minimum absolute atomic E-state index is 0.117. The second-order valence-corrected chi connectivity index (χ2v) is 8.88. The zero-order chi connectivity index (χ0) is 21.5. The molecule has 1 fully saturated rings. The Balaban J connectivity index is 1.45. The number of para-hydroxylation sites is 1. The van der Waals surface area contributed by atoms with Crippen LogP contribution in [0.3, 0.4) is 0 Å². The molecule has 1 unspecified atom stereocenters. The Hall–Kier alpha value is -2.81. The Bertz CT molecular complexity index is 1170. The first-order valence-corrected chi connectivity index (χ1v) is 11.1. The molecule has 1 atom stereocenters. The number of rotatable bonds is 5. The lowest BCUT2D eigenvalue weighted by Crippen LogP contribution is -2.45. The van der Waals surface area contributed by atoms with Gasteiger partial charge in [0.05, 0.1) is 33.5 Å². The molecule has 158 valence electrons. The zero-order valence-electron chi connectivity index (χ0n) is 16.4.